The summed E-state index contributed by atoms with van der Waals surface area (Å²) in [5.41, 5.74) is 6.03. The number of nitrogens with zero attached hydrogens (tertiary/aromatic N) is 3. The Hall–Kier alpha value is -2.01. The summed E-state index contributed by atoms with van der Waals surface area (Å²) in [7, 11) is 2.14. The second-order valence-electron chi connectivity index (χ2n) is 7.68. The highest BCUT2D eigenvalue weighted by Gasteiger charge is 2.32. The fourth-order valence-electron chi connectivity index (χ4n) is 3.65. The van der Waals surface area contributed by atoms with E-state index in [2.05, 4.69) is 62.8 Å². The zero-order valence-electron chi connectivity index (χ0n) is 17.4. The highest BCUT2D eigenvalue weighted by Crippen LogP contribution is 2.40. The minimum absolute atomic E-state index is 0.00603. The standard InChI is InChI=1S/C22H29N3OS/c1-8-23-21-25(9-2)20(26)19(27-21)12-16-11-17-15(4)13-22(5,6)24(7)18(17)10-14(16)3/h10-13H,8-9H2,1-7H3/b19-12+,23-21?. The molecule has 0 radical (unpaired) electrons. The SMILES string of the molecule is CCN=C1S/C(=C/c2cc3c(cc2C)N(C)C(C)(C)C=C3C)C(=O)N1CC. The lowest BCUT2D eigenvalue weighted by Gasteiger charge is -2.41. The largest absolute Gasteiger partial charge is 0.365 e. The number of aliphatic imine (C=N–C) groups is 1. The highest BCUT2D eigenvalue weighted by atomic mass is 32.2. The Balaban J connectivity index is 2.05. The van der Waals surface area contributed by atoms with Crippen molar-refractivity contribution in [3.63, 3.8) is 0 Å². The third-order valence-corrected chi connectivity index (χ3v) is 6.43. The van der Waals surface area contributed by atoms with E-state index in [0.717, 1.165) is 15.6 Å². The van der Waals surface area contributed by atoms with E-state index in [0.29, 0.717) is 13.1 Å². The second kappa shape index (κ2) is 7.19. The monoisotopic (exact) mass is 383 g/mol. The van der Waals surface area contributed by atoms with Crippen LogP contribution in [0, 0.1) is 6.92 Å². The number of hydrogen-bond donors (Lipinski definition) is 0. The summed E-state index contributed by atoms with van der Waals surface area (Å²) in [4.78, 5) is 22.1. The third kappa shape index (κ3) is 3.45. The van der Waals surface area contributed by atoms with Gasteiger partial charge >= 0.3 is 0 Å². The average molecular weight is 384 g/mol. The number of amides is 1. The van der Waals surface area contributed by atoms with Crippen molar-refractivity contribution >= 4 is 40.2 Å². The number of allylic oxidation sites excluding steroid dienone is 1. The van der Waals surface area contributed by atoms with E-state index >= 15 is 0 Å². The lowest BCUT2D eigenvalue weighted by molar-refractivity contribution is -0.122. The van der Waals surface area contributed by atoms with Gasteiger partial charge in [0.05, 0.1) is 10.4 Å². The van der Waals surface area contributed by atoms with Crippen molar-refractivity contribution in [3.8, 4) is 0 Å². The fourth-order valence-corrected chi connectivity index (χ4v) is 4.75. The van der Waals surface area contributed by atoms with E-state index < -0.39 is 0 Å². The smallest absolute Gasteiger partial charge is 0.266 e. The van der Waals surface area contributed by atoms with Gasteiger partial charge in [-0.3, -0.25) is 14.7 Å². The zero-order chi connectivity index (χ0) is 19.9. The molecule has 0 atom stereocenters. The van der Waals surface area contributed by atoms with Gasteiger partial charge in [0, 0.05) is 31.4 Å². The van der Waals surface area contributed by atoms with Gasteiger partial charge in [-0.2, -0.15) is 0 Å². The number of hydrogen-bond acceptors (Lipinski definition) is 4. The van der Waals surface area contributed by atoms with Crippen molar-refractivity contribution in [2.75, 3.05) is 25.0 Å². The molecule has 144 valence electrons. The van der Waals surface area contributed by atoms with Gasteiger partial charge in [-0.05, 0) is 88.2 Å². The normalized spacial score (nSPS) is 21.9. The third-order valence-electron chi connectivity index (χ3n) is 5.39. The molecule has 0 unspecified atom stereocenters. The first-order valence-electron chi connectivity index (χ1n) is 9.53. The number of fused-ring (bicyclic) bond motifs is 1. The molecule has 5 heteroatoms. The molecule has 1 aromatic rings. The summed E-state index contributed by atoms with van der Waals surface area (Å²) in [5, 5.41) is 0.810. The summed E-state index contributed by atoms with van der Waals surface area (Å²) in [6.45, 7) is 14.1. The Morgan fingerprint density at radius 3 is 2.56 bits per heavy atom. The van der Waals surface area contributed by atoms with E-state index in [-0.39, 0.29) is 11.4 Å². The average Bonchev–Trinajstić information content (AvgIpc) is 2.89. The molecule has 2 aliphatic heterocycles. The van der Waals surface area contributed by atoms with Crippen molar-refractivity contribution in [2.24, 2.45) is 4.99 Å². The molecule has 1 amide bonds. The minimum atomic E-state index is -0.00603. The van der Waals surface area contributed by atoms with Crippen molar-refractivity contribution in [2.45, 2.75) is 47.1 Å². The maximum absolute atomic E-state index is 12.8. The molecule has 4 nitrogen and oxygen atoms in total. The Labute approximate surface area is 167 Å². The van der Waals surface area contributed by atoms with Gasteiger partial charge in [-0.15, -0.1) is 0 Å². The quantitative estimate of drug-likeness (QED) is 0.694. The number of rotatable bonds is 3. The van der Waals surface area contributed by atoms with Crippen molar-refractivity contribution in [3.05, 3.63) is 39.8 Å². The molecular weight excluding hydrogens is 354 g/mol. The molecule has 0 aliphatic carbocycles. The maximum Gasteiger partial charge on any atom is 0.266 e. The maximum atomic E-state index is 12.8. The number of amidine groups is 1. The Kier molecular flexibility index (Phi) is 5.26. The van der Waals surface area contributed by atoms with Crippen LogP contribution in [-0.4, -0.2) is 41.7 Å². The summed E-state index contributed by atoms with van der Waals surface area (Å²) in [6.07, 6.45) is 4.33. The fraction of sp³-hybridized carbons (Fsp3) is 0.455. The van der Waals surface area contributed by atoms with Crippen LogP contribution in [0.4, 0.5) is 5.69 Å². The minimum Gasteiger partial charge on any atom is -0.365 e. The molecule has 0 bridgehead atoms. The van der Waals surface area contributed by atoms with Gasteiger partial charge in [0.2, 0.25) is 0 Å². The van der Waals surface area contributed by atoms with Crippen LogP contribution in [0.3, 0.4) is 0 Å². The number of carbonyl (C=O) groups is 1. The van der Waals surface area contributed by atoms with Crippen LogP contribution in [0.1, 0.15) is 51.3 Å². The molecule has 0 spiro atoms. The highest BCUT2D eigenvalue weighted by molar-refractivity contribution is 8.18. The molecule has 1 saturated heterocycles. The van der Waals surface area contributed by atoms with Gasteiger partial charge < -0.3 is 4.90 Å². The number of likely N-dealkylation sites (N-methyl/N-ethyl adjacent to an activating group) is 2. The Bertz CT molecular complexity index is 880. The van der Waals surface area contributed by atoms with Gasteiger partial charge in [0.15, 0.2) is 5.17 Å². The first-order valence-corrected chi connectivity index (χ1v) is 10.4. The zero-order valence-corrected chi connectivity index (χ0v) is 18.2. The number of anilines is 1. The summed E-state index contributed by atoms with van der Waals surface area (Å²) >= 11 is 1.48. The number of thioether (sulfide) groups is 1. The number of benzene rings is 1. The van der Waals surface area contributed by atoms with E-state index in [4.69, 9.17) is 0 Å². The summed E-state index contributed by atoms with van der Waals surface area (Å²) in [5.74, 6) is 0.0531. The molecule has 27 heavy (non-hydrogen) atoms. The molecule has 2 heterocycles. The second-order valence-corrected chi connectivity index (χ2v) is 8.69. The van der Waals surface area contributed by atoms with Gasteiger partial charge in [-0.25, -0.2) is 0 Å². The molecule has 1 aromatic carbocycles. The Morgan fingerprint density at radius 2 is 1.93 bits per heavy atom. The first kappa shape index (κ1) is 19.7. The van der Waals surface area contributed by atoms with Crippen LogP contribution in [-0.2, 0) is 4.79 Å². The molecule has 0 saturated carbocycles. The van der Waals surface area contributed by atoms with Crippen LogP contribution in [0.25, 0.3) is 11.6 Å². The molecule has 0 N–H and O–H groups in total. The summed E-state index contributed by atoms with van der Waals surface area (Å²) in [6, 6.07) is 4.46. The molecule has 2 aliphatic rings. The number of carbonyl (C=O) groups excluding carboxylic acids is 1. The Morgan fingerprint density at radius 1 is 1.22 bits per heavy atom. The van der Waals surface area contributed by atoms with Gasteiger partial charge in [-0.1, -0.05) is 6.08 Å². The van der Waals surface area contributed by atoms with E-state index in [1.165, 1.54) is 34.1 Å². The molecule has 1 fully saturated rings. The van der Waals surface area contributed by atoms with Crippen molar-refractivity contribution in [1.29, 1.82) is 0 Å². The van der Waals surface area contributed by atoms with Crippen LogP contribution < -0.4 is 4.90 Å². The van der Waals surface area contributed by atoms with Crippen LogP contribution in [0.2, 0.25) is 0 Å². The molecule has 0 aromatic heterocycles. The van der Waals surface area contributed by atoms with E-state index in [1.807, 2.05) is 19.9 Å². The first-order chi connectivity index (χ1) is 12.7. The van der Waals surface area contributed by atoms with E-state index in [1.54, 1.807) is 4.90 Å². The predicted molar refractivity (Wildman–Crippen MR) is 118 cm³/mol. The topological polar surface area (TPSA) is 35.9 Å². The van der Waals surface area contributed by atoms with E-state index in [9.17, 15) is 4.79 Å². The van der Waals surface area contributed by atoms with Gasteiger partial charge in [0.1, 0.15) is 0 Å². The lowest BCUT2D eigenvalue weighted by atomic mass is 9.87. The number of aryl methyl sites for hydroxylation is 1. The molecule has 3 rings (SSSR count). The predicted octanol–water partition coefficient (Wildman–Crippen LogP) is 4.94. The van der Waals surface area contributed by atoms with Crippen LogP contribution in [0.15, 0.2) is 28.1 Å². The summed E-state index contributed by atoms with van der Waals surface area (Å²) < 4.78 is 0. The van der Waals surface area contributed by atoms with Gasteiger partial charge in [0.25, 0.3) is 5.91 Å². The lowest BCUT2D eigenvalue weighted by Crippen LogP contribution is -2.42. The van der Waals surface area contributed by atoms with Crippen LogP contribution in [0.5, 0.6) is 0 Å². The molecular formula is C22H29N3OS. The van der Waals surface area contributed by atoms with Crippen molar-refractivity contribution in [1.82, 2.24) is 4.90 Å². The van der Waals surface area contributed by atoms with Crippen LogP contribution >= 0.6 is 11.8 Å². The van der Waals surface area contributed by atoms with Crippen molar-refractivity contribution < 1.29 is 4.79 Å².